The zero-order valence-corrected chi connectivity index (χ0v) is 20.4. The van der Waals surface area contributed by atoms with E-state index in [1.54, 1.807) is 0 Å². The van der Waals surface area contributed by atoms with Crippen LogP contribution < -0.4 is 0 Å². The van der Waals surface area contributed by atoms with Crippen LogP contribution in [0.5, 0.6) is 0 Å². The molecule has 0 spiro atoms. The molecule has 0 rings (SSSR count). The molecule has 0 aromatic rings. The molecule has 0 saturated heterocycles. The van der Waals surface area contributed by atoms with Gasteiger partial charge in [-0.1, -0.05) is 104 Å². The number of rotatable bonds is 23. The normalized spacial score (nSPS) is 11.0. The minimum absolute atomic E-state index is 0.784. The largest absolute Gasteiger partial charge is 0.303 e. The quantitative estimate of drug-likeness (QED) is 0.124. The van der Waals surface area contributed by atoms with Crippen molar-refractivity contribution in [2.24, 2.45) is 9.98 Å². The van der Waals surface area contributed by atoms with Crippen LogP contribution >= 0.6 is 0 Å². The van der Waals surface area contributed by atoms with Crippen LogP contribution in [0.15, 0.2) is 9.98 Å². The van der Waals surface area contributed by atoms with Crippen LogP contribution in [0.2, 0.25) is 0 Å². The fourth-order valence-electron chi connectivity index (χ4n) is 3.82. The van der Waals surface area contributed by atoms with Crippen molar-refractivity contribution in [3.8, 4) is 0 Å². The molecule has 0 fully saturated rings. The summed E-state index contributed by atoms with van der Waals surface area (Å²) in [5, 5.41) is 0. The van der Waals surface area contributed by atoms with Crippen LogP contribution in [0.4, 0.5) is 0 Å². The van der Waals surface area contributed by atoms with E-state index in [1.165, 1.54) is 122 Å². The molecular weight excluding hydrogens is 354 g/mol. The smallest absolute Gasteiger partial charge is 0.0892 e. The van der Waals surface area contributed by atoms with Crippen molar-refractivity contribution in [2.45, 2.75) is 130 Å². The average Bonchev–Trinajstić information content (AvgIpc) is 2.73. The minimum Gasteiger partial charge on any atom is -0.303 e. The lowest BCUT2D eigenvalue weighted by molar-refractivity contribution is 0.258. The molecule has 0 unspecified atom stereocenters. The lowest BCUT2D eigenvalue weighted by Crippen LogP contribution is -2.27. The van der Waals surface area contributed by atoms with E-state index in [9.17, 15) is 0 Å². The van der Waals surface area contributed by atoms with E-state index in [0.29, 0.717) is 0 Å². The van der Waals surface area contributed by atoms with Crippen LogP contribution in [0.3, 0.4) is 0 Å². The number of aliphatic imine (C=N–C) groups is 2. The summed E-state index contributed by atoms with van der Waals surface area (Å²) in [6.45, 7) is 12.0. The topological polar surface area (TPSA) is 28.0 Å². The first-order chi connectivity index (χ1) is 14.3. The third kappa shape index (κ3) is 23.5. The number of nitrogens with zero attached hydrogens (tertiary/aromatic N) is 3. The van der Waals surface area contributed by atoms with Gasteiger partial charge in [-0.3, -0.25) is 0 Å². The average molecular weight is 408 g/mol. The zero-order valence-electron chi connectivity index (χ0n) is 20.4. The molecular formula is C26H53N3. The molecule has 0 aliphatic carbocycles. The third-order valence-electron chi connectivity index (χ3n) is 5.70. The molecule has 0 aromatic heterocycles. The van der Waals surface area contributed by atoms with Crippen molar-refractivity contribution in [3.05, 3.63) is 0 Å². The van der Waals surface area contributed by atoms with Crippen molar-refractivity contribution < 1.29 is 0 Å². The maximum Gasteiger partial charge on any atom is 0.0892 e. The fourth-order valence-corrected chi connectivity index (χ4v) is 3.82. The van der Waals surface area contributed by atoms with Crippen molar-refractivity contribution in [1.82, 2.24) is 4.90 Å². The van der Waals surface area contributed by atoms with Gasteiger partial charge in [-0.15, -0.1) is 0 Å². The minimum atomic E-state index is 0.784. The summed E-state index contributed by atoms with van der Waals surface area (Å²) < 4.78 is 0. The Morgan fingerprint density at radius 2 is 0.897 bits per heavy atom. The van der Waals surface area contributed by atoms with Gasteiger partial charge in [0.25, 0.3) is 0 Å². The SMILES string of the molecule is CCCCCCCCCCN(CCCCCCCCCC)CCCN=C=NCC. The van der Waals surface area contributed by atoms with E-state index < -0.39 is 0 Å². The summed E-state index contributed by atoms with van der Waals surface area (Å²) in [4.78, 5) is 11.0. The maximum absolute atomic E-state index is 4.28. The van der Waals surface area contributed by atoms with Gasteiger partial charge >= 0.3 is 0 Å². The summed E-state index contributed by atoms with van der Waals surface area (Å²) in [5.74, 6) is 0. The van der Waals surface area contributed by atoms with Crippen LogP contribution in [-0.4, -0.2) is 43.6 Å². The second-order valence-electron chi connectivity index (χ2n) is 8.60. The van der Waals surface area contributed by atoms with Gasteiger partial charge in [-0.25, -0.2) is 9.98 Å². The van der Waals surface area contributed by atoms with Gasteiger partial charge in [-0.05, 0) is 45.8 Å². The summed E-state index contributed by atoms with van der Waals surface area (Å²) >= 11 is 0. The highest BCUT2D eigenvalue weighted by Gasteiger charge is 2.04. The molecule has 3 nitrogen and oxygen atoms in total. The molecule has 172 valence electrons. The van der Waals surface area contributed by atoms with Gasteiger partial charge in [0, 0.05) is 6.54 Å². The Morgan fingerprint density at radius 1 is 0.483 bits per heavy atom. The zero-order chi connectivity index (χ0) is 21.3. The molecule has 3 heteroatoms. The summed E-state index contributed by atoms with van der Waals surface area (Å²) in [6, 6.07) is 2.80. The second kappa shape index (κ2) is 25.4. The lowest BCUT2D eigenvalue weighted by atomic mass is 10.1. The number of unbranched alkanes of at least 4 members (excludes halogenated alkanes) is 14. The van der Waals surface area contributed by atoms with E-state index in [-0.39, 0.29) is 0 Å². The standard InChI is InChI=1S/C26H53N3/c1-4-7-9-11-13-15-17-19-23-29(25-21-22-28-26-27-6-3)24-20-18-16-14-12-10-8-5-2/h4-25H2,1-3H3. The fraction of sp³-hybridized carbons (Fsp3) is 0.962. The maximum atomic E-state index is 4.28. The molecule has 0 aliphatic heterocycles. The molecule has 29 heavy (non-hydrogen) atoms. The Labute approximate surface area is 183 Å². The molecule has 0 bridgehead atoms. The van der Waals surface area contributed by atoms with Crippen molar-refractivity contribution in [1.29, 1.82) is 0 Å². The van der Waals surface area contributed by atoms with E-state index in [2.05, 4.69) is 34.7 Å². The monoisotopic (exact) mass is 407 g/mol. The van der Waals surface area contributed by atoms with Gasteiger partial charge < -0.3 is 4.90 Å². The van der Waals surface area contributed by atoms with Crippen LogP contribution in [0.25, 0.3) is 0 Å². The molecule has 0 saturated carbocycles. The number of hydrogen-bond donors (Lipinski definition) is 0. The van der Waals surface area contributed by atoms with Gasteiger partial charge in [0.05, 0.1) is 12.6 Å². The molecule has 0 aromatic carbocycles. The molecule has 0 atom stereocenters. The van der Waals surface area contributed by atoms with Crippen LogP contribution in [-0.2, 0) is 0 Å². The molecule has 0 N–H and O–H groups in total. The molecule has 0 aliphatic rings. The van der Waals surface area contributed by atoms with Crippen LogP contribution in [0, 0.1) is 0 Å². The first kappa shape index (κ1) is 28.3. The first-order valence-corrected chi connectivity index (χ1v) is 13.1. The van der Waals surface area contributed by atoms with Gasteiger partial charge in [0.1, 0.15) is 0 Å². The molecule has 0 radical (unpaired) electrons. The van der Waals surface area contributed by atoms with E-state index in [1.807, 2.05) is 6.92 Å². The third-order valence-corrected chi connectivity index (χ3v) is 5.70. The molecule has 0 heterocycles. The summed E-state index contributed by atoms with van der Waals surface area (Å²) in [6.07, 6.45) is 23.7. The summed E-state index contributed by atoms with van der Waals surface area (Å²) in [5.41, 5.74) is 0. The summed E-state index contributed by atoms with van der Waals surface area (Å²) in [7, 11) is 0. The van der Waals surface area contributed by atoms with Gasteiger partial charge in [-0.2, -0.15) is 0 Å². The van der Waals surface area contributed by atoms with Crippen molar-refractivity contribution in [3.63, 3.8) is 0 Å². The van der Waals surface area contributed by atoms with E-state index >= 15 is 0 Å². The highest BCUT2D eigenvalue weighted by Crippen LogP contribution is 2.11. The predicted octanol–water partition coefficient (Wildman–Crippen LogP) is 8.15. The van der Waals surface area contributed by atoms with Crippen LogP contribution in [0.1, 0.15) is 130 Å². The Bertz CT molecular complexity index is 341. The Balaban J connectivity index is 3.89. The Kier molecular flexibility index (Phi) is 24.8. The Morgan fingerprint density at radius 3 is 1.34 bits per heavy atom. The lowest BCUT2D eigenvalue weighted by Gasteiger charge is -2.22. The number of hydrogen-bond acceptors (Lipinski definition) is 3. The highest BCUT2D eigenvalue weighted by molar-refractivity contribution is 5.40. The Hall–Kier alpha value is -0.660. The first-order valence-electron chi connectivity index (χ1n) is 13.1. The second-order valence-corrected chi connectivity index (χ2v) is 8.60. The highest BCUT2D eigenvalue weighted by atomic mass is 15.1. The molecule has 0 amide bonds. The van der Waals surface area contributed by atoms with E-state index in [4.69, 9.17) is 0 Å². The van der Waals surface area contributed by atoms with Crippen molar-refractivity contribution in [2.75, 3.05) is 32.7 Å². The van der Waals surface area contributed by atoms with Crippen molar-refractivity contribution >= 4 is 6.01 Å². The van der Waals surface area contributed by atoms with Gasteiger partial charge in [0.2, 0.25) is 0 Å². The van der Waals surface area contributed by atoms with Gasteiger partial charge in [0.15, 0.2) is 0 Å². The predicted molar refractivity (Wildman–Crippen MR) is 132 cm³/mol. The van der Waals surface area contributed by atoms with E-state index in [0.717, 1.165) is 19.5 Å².